The summed E-state index contributed by atoms with van der Waals surface area (Å²) in [5.41, 5.74) is 3.57. The molecule has 2 rings (SSSR count). The smallest absolute Gasteiger partial charge is 0.307 e. The summed E-state index contributed by atoms with van der Waals surface area (Å²) in [7, 11) is 0. The number of hydrogen-bond donors (Lipinski definition) is 1. The van der Waals surface area contributed by atoms with Gasteiger partial charge in [-0.2, -0.15) is 0 Å². The first-order valence-corrected chi connectivity index (χ1v) is 5.48. The summed E-state index contributed by atoms with van der Waals surface area (Å²) >= 11 is 3.50. The van der Waals surface area contributed by atoms with Crippen molar-refractivity contribution in [3.63, 3.8) is 0 Å². The molecular formula is C11H11BrO2. The van der Waals surface area contributed by atoms with Gasteiger partial charge in [0.15, 0.2) is 0 Å². The van der Waals surface area contributed by atoms with Gasteiger partial charge in [-0.25, -0.2) is 0 Å². The predicted octanol–water partition coefficient (Wildman–Crippen LogP) is 2.56. The van der Waals surface area contributed by atoms with Gasteiger partial charge < -0.3 is 5.11 Å². The van der Waals surface area contributed by atoms with Crippen molar-refractivity contribution in [1.29, 1.82) is 0 Å². The first kappa shape index (κ1) is 9.71. The first-order chi connectivity index (χ1) is 6.66. The predicted molar refractivity (Wildman–Crippen MR) is 57.5 cm³/mol. The van der Waals surface area contributed by atoms with Crippen molar-refractivity contribution in [2.75, 3.05) is 0 Å². The summed E-state index contributed by atoms with van der Waals surface area (Å²) in [5, 5.41) is 8.69. The van der Waals surface area contributed by atoms with E-state index in [4.69, 9.17) is 5.11 Å². The van der Waals surface area contributed by atoms with Crippen LogP contribution in [0, 0.1) is 0 Å². The maximum absolute atomic E-state index is 10.6. The average molecular weight is 255 g/mol. The topological polar surface area (TPSA) is 37.3 Å². The Kier molecular flexibility index (Phi) is 2.59. The standard InChI is InChI=1S/C11H11BrO2/c12-10-5-7(6-11(13)14)4-8-2-1-3-9(8)10/h4-5H,1-3,6H2,(H,13,14). The second kappa shape index (κ2) is 3.73. The van der Waals surface area contributed by atoms with E-state index in [0.29, 0.717) is 0 Å². The fourth-order valence-electron chi connectivity index (χ4n) is 1.99. The summed E-state index contributed by atoms with van der Waals surface area (Å²) < 4.78 is 1.07. The van der Waals surface area contributed by atoms with E-state index < -0.39 is 5.97 Å². The lowest BCUT2D eigenvalue weighted by molar-refractivity contribution is -0.136. The molecule has 0 radical (unpaired) electrons. The third kappa shape index (κ3) is 1.82. The van der Waals surface area contributed by atoms with Crippen molar-refractivity contribution in [1.82, 2.24) is 0 Å². The number of aliphatic carboxylic acids is 1. The Morgan fingerprint density at radius 2 is 2.21 bits per heavy atom. The van der Waals surface area contributed by atoms with Crippen molar-refractivity contribution in [2.45, 2.75) is 25.7 Å². The quantitative estimate of drug-likeness (QED) is 0.881. The van der Waals surface area contributed by atoms with Crippen molar-refractivity contribution in [3.8, 4) is 0 Å². The molecule has 0 saturated carbocycles. The molecule has 0 atom stereocenters. The second-order valence-electron chi connectivity index (χ2n) is 3.64. The highest BCUT2D eigenvalue weighted by molar-refractivity contribution is 9.10. The van der Waals surface area contributed by atoms with Gasteiger partial charge in [0.05, 0.1) is 6.42 Å². The fraction of sp³-hybridized carbons (Fsp3) is 0.364. The molecular weight excluding hydrogens is 244 g/mol. The Hall–Kier alpha value is -0.830. The van der Waals surface area contributed by atoms with Crippen LogP contribution in [-0.4, -0.2) is 11.1 Å². The zero-order chi connectivity index (χ0) is 10.1. The highest BCUT2D eigenvalue weighted by Crippen LogP contribution is 2.30. The van der Waals surface area contributed by atoms with E-state index in [1.807, 2.05) is 12.1 Å². The van der Waals surface area contributed by atoms with Crippen LogP contribution < -0.4 is 0 Å². The number of rotatable bonds is 2. The molecule has 3 heteroatoms. The number of carboxylic acid groups (broad SMARTS) is 1. The minimum atomic E-state index is -0.769. The molecule has 0 fully saturated rings. The van der Waals surface area contributed by atoms with Crippen LogP contribution in [0.5, 0.6) is 0 Å². The molecule has 1 aromatic carbocycles. The van der Waals surface area contributed by atoms with Crippen LogP contribution in [0.2, 0.25) is 0 Å². The van der Waals surface area contributed by atoms with Crippen LogP contribution in [0.1, 0.15) is 23.1 Å². The van der Waals surface area contributed by atoms with Crippen LogP contribution in [0.25, 0.3) is 0 Å². The second-order valence-corrected chi connectivity index (χ2v) is 4.49. The van der Waals surface area contributed by atoms with Crippen molar-refractivity contribution in [2.24, 2.45) is 0 Å². The largest absolute Gasteiger partial charge is 0.481 e. The fourth-order valence-corrected chi connectivity index (χ4v) is 2.74. The molecule has 1 aliphatic carbocycles. The Labute approximate surface area is 91.1 Å². The molecule has 1 N–H and O–H groups in total. The molecule has 2 nitrogen and oxygen atoms in total. The van der Waals surface area contributed by atoms with Gasteiger partial charge in [-0.1, -0.05) is 22.0 Å². The molecule has 1 aromatic rings. The lowest BCUT2D eigenvalue weighted by atomic mass is 10.0. The van der Waals surface area contributed by atoms with Crippen molar-refractivity contribution >= 4 is 21.9 Å². The molecule has 14 heavy (non-hydrogen) atoms. The molecule has 0 amide bonds. The Balaban J connectivity index is 2.36. The molecule has 0 saturated heterocycles. The SMILES string of the molecule is O=C(O)Cc1cc(Br)c2c(c1)CCC2. The van der Waals surface area contributed by atoms with E-state index in [-0.39, 0.29) is 6.42 Å². The van der Waals surface area contributed by atoms with Gasteiger partial charge in [0.2, 0.25) is 0 Å². The zero-order valence-electron chi connectivity index (χ0n) is 7.72. The summed E-state index contributed by atoms with van der Waals surface area (Å²) in [6.07, 6.45) is 3.50. The number of fused-ring (bicyclic) bond motifs is 1. The molecule has 74 valence electrons. The maximum Gasteiger partial charge on any atom is 0.307 e. The number of aryl methyl sites for hydroxylation is 1. The number of halogens is 1. The van der Waals surface area contributed by atoms with Gasteiger partial charge in [-0.3, -0.25) is 4.79 Å². The number of carboxylic acids is 1. The molecule has 0 unspecified atom stereocenters. The number of carbonyl (C=O) groups is 1. The van der Waals surface area contributed by atoms with Gasteiger partial charge in [0.1, 0.15) is 0 Å². The highest BCUT2D eigenvalue weighted by Gasteiger charge is 2.15. The minimum Gasteiger partial charge on any atom is -0.481 e. The van der Waals surface area contributed by atoms with Crippen molar-refractivity contribution in [3.05, 3.63) is 33.3 Å². The van der Waals surface area contributed by atoms with E-state index >= 15 is 0 Å². The molecule has 0 aliphatic heterocycles. The van der Waals surface area contributed by atoms with Crippen molar-refractivity contribution < 1.29 is 9.90 Å². The summed E-state index contributed by atoms with van der Waals surface area (Å²) in [6, 6.07) is 3.96. The van der Waals surface area contributed by atoms with Gasteiger partial charge in [0.25, 0.3) is 0 Å². The average Bonchev–Trinajstić information content (AvgIpc) is 2.50. The molecule has 0 heterocycles. The third-order valence-electron chi connectivity index (χ3n) is 2.58. The minimum absolute atomic E-state index is 0.117. The van der Waals surface area contributed by atoms with E-state index in [9.17, 15) is 4.79 Å². The Morgan fingerprint density at radius 1 is 1.43 bits per heavy atom. The van der Waals surface area contributed by atoms with E-state index in [0.717, 1.165) is 22.9 Å². The lowest BCUT2D eigenvalue weighted by Gasteiger charge is -2.05. The number of benzene rings is 1. The van der Waals surface area contributed by atoms with E-state index in [2.05, 4.69) is 15.9 Å². The van der Waals surface area contributed by atoms with Gasteiger partial charge in [0, 0.05) is 4.47 Å². The third-order valence-corrected chi connectivity index (χ3v) is 3.28. The van der Waals surface area contributed by atoms with Crippen LogP contribution in [0.15, 0.2) is 16.6 Å². The summed E-state index contributed by atoms with van der Waals surface area (Å²) in [6.45, 7) is 0. The van der Waals surface area contributed by atoms with Crippen LogP contribution in [-0.2, 0) is 24.1 Å². The maximum atomic E-state index is 10.6. The van der Waals surface area contributed by atoms with Gasteiger partial charge >= 0.3 is 5.97 Å². The molecule has 0 bridgehead atoms. The number of hydrogen-bond acceptors (Lipinski definition) is 1. The normalized spacial score (nSPS) is 14.1. The Morgan fingerprint density at radius 3 is 2.93 bits per heavy atom. The molecule has 0 spiro atoms. The summed E-state index contributed by atoms with van der Waals surface area (Å²) in [4.78, 5) is 10.6. The monoisotopic (exact) mass is 254 g/mol. The molecule has 1 aliphatic rings. The summed E-state index contributed by atoms with van der Waals surface area (Å²) in [5.74, 6) is -0.769. The highest BCUT2D eigenvalue weighted by atomic mass is 79.9. The van der Waals surface area contributed by atoms with Crippen LogP contribution >= 0.6 is 15.9 Å². The Bertz CT molecular complexity index is 385. The van der Waals surface area contributed by atoms with E-state index in [1.54, 1.807) is 0 Å². The first-order valence-electron chi connectivity index (χ1n) is 4.69. The van der Waals surface area contributed by atoms with Gasteiger partial charge in [-0.05, 0) is 42.0 Å². The lowest BCUT2D eigenvalue weighted by Crippen LogP contribution is -2.01. The van der Waals surface area contributed by atoms with Gasteiger partial charge in [-0.15, -0.1) is 0 Å². The van der Waals surface area contributed by atoms with Crippen LogP contribution in [0.4, 0.5) is 0 Å². The molecule has 0 aromatic heterocycles. The van der Waals surface area contributed by atoms with E-state index in [1.165, 1.54) is 17.5 Å². The van der Waals surface area contributed by atoms with Crippen LogP contribution in [0.3, 0.4) is 0 Å². The zero-order valence-corrected chi connectivity index (χ0v) is 9.30.